The maximum atomic E-state index is 13.8. The van der Waals surface area contributed by atoms with E-state index >= 15 is 0 Å². The van der Waals surface area contributed by atoms with Crippen molar-refractivity contribution in [2.45, 2.75) is 56.6 Å². The standard InChI is InChI=1S/C27H30ClN3O3S2/c1-18(2)22-9-7-20(8-10-22)15-31(23-11-12-36(33,34)17-23)26(32)25-24(28)14-29-27(30-25)35-16-21-6-4-5-19(3)13-21/h4-10,13-14,18,23H,11-12,15-17H2,1-3H3. The lowest BCUT2D eigenvalue weighted by atomic mass is 10.0. The van der Waals surface area contributed by atoms with E-state index in [2.05, 4.69) is 29.9 Å². The Hall–Kier alpha value is -2.42. The van der Waals surface area contributed by atoms with Crippen LogP contribution >= 0.6 is 23.4 Å². The highest BCUT2D eigenvalue weighted by Gasteiger charge is 2.36. The molecule has 0 bridgehead atoms. The first-order valence-corrected chi connectivity index (χ1v) is 15.1. The number of nitrogens with zero attached hydrogens (tertiary/aromatic N) is 3. The number of rotatable bonds is 8. The zero-order valence-electron chi connectivity index (χ0n) is 20.6. The highest BCUT2D eigenvalue weighted by Crippen LogP contribution is 2.27. The van der Waals surface area contributed by atoms with Crippen LogP contribution in [0.3, 0.4) is 0 Å². The topological polar surface area (TPSA) is 80.2 Å². The lowest BCUT2D eigenvalue weighted by Crippen LogP contribution is -2.41. The fourth-order valence-corrected chi connectivity index (χ4v) is 6.91. The molecular weight excluding hydrogens is 514 g/mol. The van der Waals surface area contributed by atoms with Gasteiger partial charge in [0.1, 0.15) is 0 Å². The number of halogens is 1. The Morgan fingerprint density at radius 1 is 1.17 bits per heavy atom. The Morgan fingerprint density at radius 2 is 1.92 bits per heavy atom. The molecule has 36 heavy (non-hydrogen) atoms. The summed E-state index contributed by atoms with van der Waals surface area (Å²) in [6.07, 6.45) is 1.84. The fraction of sp³-hybridized carbons (Fsp3) is 0.370. The average Bonchev–Trinajstić information content (AvgIpc) is 3.21. The highest BCUT2D eigenvalue weighted by molar-refractivity contribution is 7.98. The number of hydrogen-bond acceptors (Lipinski definition) is 6. The lowest BCUT2D eigenvalue weighted by molar-refractivity contribution is 0.0674. The minimum Gasteiger partial charge on any atom is -0.329 e. The second-order valence-corrected chi connectivity index (χ2v) is 13.1. The molecule has 1 fully saturated rings. The Kier molecular flexibility index (Phi) is 8.37. The third-order valence-corrected chi connectivity index (χ3v) is 9.24. The molecule has 0 radical (unpaired) electrons. The highest BCUT2D eigenvalue weighted by atomic mass is 35.5. The first kappa shape index (κ1) is 26.6. The molecule has 1 saturated heterocycles. The molecule has 190 valence electrons. The van der Waals surface area contributed by atoms with E-state index in [4.69, 9.17) is 11.6 Å². The van der Waals surface area contributed by atoms with Gasteiger partial charge in [-0.1, -0.05) is 91.3 Å². The molecule has 1 amide bonds. The van der Waals surface area contributed by atoms with Gasteiger partial charge in [0.25, 0.3) is 5.91 Å². The van der Waals surface area contributed by atoms with Gasteiger partial charge in [0.2, 0.25) is 0 Å². The Morgan fingerprint density at radius 3 is 2.56 bits per heavy atom. The molecule has 3 aromatic rings. The first-order chi connectivity index (χ1) is 17.1. The number of carbonyl (C=O) groups is 1. The van der Waals surface area contributed by atoms with Crippen LogP contribution in [0.1, 0.15) is 58.9 Å². The van der Waals surface area contributed by atoms with Gasteiger partial charge in [0.15, 0.2) is 20.7 Å². The Bertz CT molecular complexity index is 1340. The van der Waals surface area contributed by atoms with Crippen LogP contribution < -0.4 is 0 Å². The maximum Gasteiger partial charge on any atom is 0.274 e. The summed E-state index contributed by atoms with van der Waals surface area (Å²) < 4.78 is 24.5. The van der Waals surface area contributed by atoms with Gasteiger partial charge in [-0.05, 0) is 36.0 Å². The predicted molar refractivity (Wildman–Crippen MR) is 145 cm³/mol. The van der Waals surface area contributed by atoms with Crippen LogP contribution in [0.25, 0.3) is 0 Å². The van der Waals surface area contributed by atoms with Crippen LogP contribution in [-0.2, 0) is 22.1 Å². The molecule has 1 aliphatic rings. The van der Waals surface area contributed by atoms with Crippen LogP contribution in [0.5, 0.6) is 0 Å². The number of carbonyl (C=O) groups excluding carboxylic acids is 1. The van der Waals surface area contributed by atoms with Gasteiger partial charge < -0.3 is 4.90 Å². The summed E-state index contributed by atoms with van der Waals surface area (Å²) in [4.78, 5) is 24.2. The molecule has 1 aliphatic heterocycles. The number of aromatic nitrogens is 2. The van der Waals surface area contributed by atoms with Crippen molar-refractivity contribution >= 4 is 39.1 Å². The third-order valence-electron chi connectivity index (χ3n) is 6.28. The average molecular weight is 544 g/mol. The van der Waals surface area contributed by atoms with Crippen molar-refractivity contribution in [2.75, 3.05) is 11.5 Å². The second-order valence-electron chi connectivity index (χ2n) is 9.51. The molecule has 2 heterocycles. The molecule has 0 spiro atoms. The third kappa shape index (κ3) is 6.66. The van der Waals surface area contributed by atoms with Crippen molar-refractivity contribution in [1.29, 1.82) is 0 Å². The second kappa shape index (κ2) is 11.3. The fourth-order valence-electron chi connectivity index (χ4n) is 4.25. The normalized spacial score (nSPS) is 16.9. The molecule has 4 rings (SSSR count). The summed E-state index contributed by atoms with van der Waals surface area (Å²) in [7, 11) is -3.19. The molecular formula is C27H30ClN3O3S2. The molecule has 1 aromatic heterocycles. The number of benzene rings is 2. The SMILES string of the molecule is Cc1cccc(CSc2ncc(Cl)c(C(=O)N(Cc3ccc(C(C)C)cc3)C3CCS(=O)(=O)C3)n2)c1. The van der Waals surface area contributed by atoms with E-state index in [1.165, 1.54) is 29.1 Å². The van der Waals surface area contributed by atoms with Gasteiger partial charge in [0, 0.05) is 18.3 Å². The van der Waals surface area contributed by atoms with E-state index in [0.717, 1.165) is 11.1 Å². The van der Waals surface area contributed by atoms with Gasteiger partial charge in [0.05, 0.1) is 22.7 Å². The number of sulfone groups is 1. The van der Waals surface area contributed by atoms with Gasteiger partial charge in [-0.2, -0.15) is 0 Å². The molecule has 1 atom stereocenters. The van der Waals surface area contributed by atoms with E-state index in [1.807, 2.05) is 49.4 Å². The van der Waals surface area contributed by atoms with Crippen molar-refractivity contribution < 1.29 is 13.2 Å². The summed E-state index contributed by atoms with van der Waals surface area (Å²) in [6.45, 7) is 6.57. The minimum atomic E-state index is -3.19. The number of amides is 1. The number of aryl methyl sites for hydroxylation is 1. The van der Waals surface area contributed by atoms with Gasteiger partial charge in [-0.3, -0.25) is 4.79 Å². The van der Waals surface area contributed by atoms with Crippen molar-refractivity contribution in [3.05, 3.63) is 87.7 Å². The van der Waals surface area contributed by atoms with E-state index in [1.54, 1.807) is 4.90 Å². The van der Waals surface area contributed by atoms with E-state index in [0.29, 0.717) is 23.2 Å². The summed E-state index contributed by atoms with van der Waals surface area (Å²) in [5.41, 5.74) is 4.53. The van der Waals surface area contributed by atoms with Gasteiger partial charge in [-0.25, -0.2) is 18.4 Å². The molecule has 2 aromatic carbocycles. The van der Waals surface area contributed by atoms with Crippen LogP contribution in [0, 0.1) is 6.92 Å². The van der Waals surface area contributed by atoms with Crippen molar-refractivity contribution in [2.24, 2.45) is 0 Å². The Balaban J connectivity index is 1.59. The predicted octanol–water partition coefficient (Wildman–Crippen LogP) is 5.68. The molecule has 9 heteroatoms. The molecule has 0 aliphatic carbocycles. The monoisotopic (exact) mass is 543 g/mol. The quantitative estimate of drug-likeness (QED) is 0.268. The lowest BCUT2D eigenvalue weighted by Gasteiger charge is -2.28. The van der Waals surface area contributed by atoms with E-state index < -0.39 is 15.9 Å². The van der Waals surface area contributed by atoms with Crippen LogP contribution in [0.4, 0.5) is 0 Å². The van der Waals surface area contributed by atoms with E-state index in [9.17, 15) is 13.2 Å². The largest absolute Gasteiger partial charge is 0.329 e. The van der Waals surface area contributed by atoms with Gasteiger partial charge in [-0.15, -0.1) is 0 Å². The molecule has 1 unspecified atom stereocenters. The van der Waals surface area contributed by atoms with Gasteiger partial charge >= 0.3 is 0 Å². The Labute approximate surface area is 222 Å². The maximum absolute atomic E-state index is 13.8. The zero-order valence-corrected chi connectivity index (χ0v) is 23.0. The first-order valence-electron chi connectivity index (χ1n) is 11.9. The van der Waals surface area contributed by atoms with E-state index in [-0.39, 0.29) is 34.7 Å². The molecule has 0 N–H and O–H groups in total. The summed E-state index contributed by atoms with van der Waals surface area (Å²) in [6, 6.07) is 15.8. The van der Waals surface area contributed by atoms with Crippen LogP contribution in [0.15, 0.2) is 59.9 Å². The van der Waals surface area contributed by atoms with Crippen molar-refractivity contribution in [3.8, 4) is 0 Å². The van der Waals surface area contributed by atoms with Crippen molar-refractivity contribution in [1.82, 2.24) is 14.9 Å². The molecule has 6 nitrogen and oxygen atoms in total. The summed E-state index contributed by atoms with van der Waals surface area (Å²) in [5.74, 6) is 0.690. The van der Waals surface area contributed by atoms with Crippen molar-refractivity contribution in [3.63, 3.8) is 0 Å². The summed E-state index contributed by atoms with van der Waals surface area (Å²) >= 11 is 7.82. The summed E-state index contributed by atoms with van der Waals surface area (Å²) in [5, 5.41) is 0.602. The van der Waals surface area contributed by atoms with Crippen LogP contribution in [0.2, 0.25) is 5.02 Å². The number of hydrogen-bond donors (Lipinski definition) is 0. The number of thioether (sulfide) groups is 1. The molecule has 0 saturated carbocycles. The zero-order chi connectivity index (χ0) is 25.9. The van der Waals surface area contributed by atoms with Crippen LogP contribution in [-0.4, -0.2) is 46.7 Å². The minimum absolute atomic E-state index is 0.0551. The smallest absolute Gasteiger partial charge is 0.274 e.